The number of ether oxygens (including phenoxy) is 1. The minimum Gasteiger partial charge on any atom is -0.457 e. The molecule has 0 amide bonds. The standard InChI is InChI=1S/C18H22O2/c1-12-6-7-15-11-14(13(2)16(15)10-12)8-9-17(19)20-18(3,4)5/h6-10H,11H2,1-5H3/b9-8+. The van der Waals surface area contributed by atoms with E-state index < -0.39 is 5.60 Å². The van der Waals surface area contributed by atoms with Crippen molar-refractivity contribution in [3.63, 3.8) is 0 Å². The number of esters is 1. The number of carbonyl (C=O) groups excluding carboxylic acids is 1. The van der Waals surface area contributed by atoms with Gasteiger partial charge in [-0.25, -0.2) is 4.79 Å². The zero-order valence-corrected chi connectivity index (χ0v) is 12.9. The van der Waals surface area contributed by atoms with Crippen molar-refractivity contribution in [3.05, 3.63) is 52.6 Å². The number of aryl methyl sites for hydroxylation is 1. The van der Waals surface area contributed by atoms with Gasteiger partial charge >= 0.3 is 5.97 Å². The predicted octanol–water partition coefficient (Wildman–Crippen LogP) is 4.22. The molecule has 0 aromatic heterocycles. The summed E-state index contributed by atoms with van der Waals surface area (Å²) < 4.78 is 5.28. The van der Waals surface area contributed by atoms with Crippen molar-refractivity contribution in [1.29, 1.82) is 0 Å². The van der Waals surface area contributed by atoms with Crippen LogP contribution in [0.1, 0.15) is 44.4 Å². The minimum atomic E-state index is -0.444. The van der Waals surface area contributed by atoms with Crippen LogP contribution in [0, 0.1) is 6.92 Å². The zero-order valence-electron chi connectivity index (χ0n) is 12.9. The Morgan fingerprint density at radius 1 is 1.25 bits per heavy atom. The first kappa shape index (κ1) is 14.6. The summed E-state index contributed by atoms with van der Waals surface area (Å²) in [5.41, 5.74) is 5.90. The van der Waals surface area contributed by atoms with E-state index >= 15 is 0 Å². The molecule has 1 aromatic rings. The summed E-state index contributed by atoms with van der Waals surface area (Å²) in [5, 5.41) is 0. The average Bonchev–Trinajstić information content (AvgIpc) is 2.62. The highest BCUT2D eigenvalue weighted by molar-refractivity contribution is 5.85. The van der Waals surface area contributed by atoms with E-state index in [1.54, 1.807) is 0 Å². The molecule has 0 aliphatic heterocycles. The molecule has 0 N–H and O–H groups in total. The Kier molecular flexibility index (Phi) is 3.85. The molecule has 0 atom stereocenters. The monoisotopic (exact) mass is 270 g/mol. The molecular formula is C18H22O2. The van der Waals surface area contributed by atoms with Crippen LogP contribution in [0.25, 0.3) is 5.57 Å². The fourth-order valence-electron chi connectivity index (χ4n) is 2.39. The second kappa shape index (κ2) is 5.28. The van der Waals surface area contributed by atoms with Crippen LogP contribution >= 0.6 is 0 Å². The number of benzene rings is 1. The molecule has 1 aliphatic rings. The van der Waals surface area contributed by atoms with Crippen LogP contribution < -0.4 is 0 Å². The highest BCUT2D eigenvalue weighted by Crippen LogP contribution is 2.33. The Hall–Kier alpha value is -1.83. The number of fused-ring (bicyclic) bond motifs is 1. The molecular weight excluding hydrogens is 248 g/mol. The molecule has 1 aromatic carbocycles. The maximum atomic E-state index is 11.7. The molecule has 106 valence electrons. The van der Waals surface area contributed by atoms with Crippen LogP contribution in [0.3, 0.4) is 0 Å². The van der Waals surface area contributed by atoms with Crippen LogP contribution in [0.2, 0.25) is 0 Å². The fourth-order valence-corrected chi connectivity index (χ4v) is 2.39. The first-order valence-corrected chi connectivity index (χ1v) is 6.97. The van der Waals surface area contributed by atoms with Crippen molar-refractivity contribution in [2.75, 3.05) is 0 Å². The van der Waals surface area contributed by atoms with E-state index in [1.165, 1.54) is 33.9 Å². The Balaban J connectivity index is 2.14. The molecule has 0 fully saturated rings. The maximum absolute atomic E-state index is 11.7. The summed E-state index contributed by atoms with van der Waals surface area (Å²) in [5.74, 6) is -0.287. The second-order valence-corrected chi connectivity index (χ2v) is 6.35. The predicted molar refractivity (Wildman–Crippen MR) is 82.5 cm³/mol. The van der Waals surface area contributed by atoms with E-state index in [-0.39, 0.29) is 5.97 Å². The Morgan fingerprint density at radius 2 is 1.95 bits per heavy atom. The Bertz CT molecular complexity index is 598. The largest absolute Gasteiger partial charge is 0.457 e. The van der Waals surface area contributed by atoms with Crippen LogP contribution in [-0.2, 0) is 16.0 Å². The quantitative estimate of drug-likeness (QED) is 0.594. The Labute approximate surface area is 121 Å². The number of allylic oxidation sites excluding steroid dienone is 3. The van der Waals surface area contributed by atoms with Crippen molar-refractivity contribution in [1.82, 2.24) is 0 Å². The van der Waals surface area contributed by atoms with E-state index in [4.69, 9.17) is 4.74 Å². The first-order valence-electron chi connectivity index (χ1n) is 6.97. The van der Waals surface area contributed by atoms with Gasteiger partial charge in [-0.15, -0.1) is 0 Å². The third-order valence-electron chi connectivity index (χ3n) is 3.36. The van der Waals surface area contributed by atoms with Gasteiger partial charge in [-0.3, -0.25) is 0 Å². The fraction of sp³-hybridized carbons (Fsp3) is 0.389. The van der Waals surface area contributed by atoms with Crippen molar-refractivity contribution in [2.45, 2.75) is 46.6 Å². The topological polar surface area (TPSA) is 26.3 Å². The van der Waals surface area contributed by atoms with E-state index in [9.17, 15) is 4.79 Å². The smallest absolute Gasteiger partial charge is 0.331 e. The molecule has 0 saturated carbocycles. The highest BCUT2D eigenvalue weighted by atomic mass is 16.6. The minimum absolute atomic E-state index is 0.287. The van der Waals surface area contributed by atoms with Crippen molar-refractivity contribution < 1.29 is 9.53 Å². The van der Waals surface area contributed by atoms with E-state index in [0.29, 0.717) is 0 Å². The van der Waals surface area contributed by atoms with E-state index in [2.05, 4.69) is 32.0 Å². The second-order valence-electron chi connectivity index (χ2n) is 6.35. The van der Waals surface area contributed by atoms with Crippen LogP contribution in [0.4, 0.5) is 0 Å². The number of carbonyl (C=O) groups is 1. The summed E-state index contributed by atoms with van der Waals surface area (Å²) >= 11 is 0. The molecule has 0 bridgehead atoms. The van der Waals surface area contributed by atoms with Gasteiger partial charge in [0.25, 0.3) is 0 Å². The van der Waals surface area contributed by atoms with Gasteiger partial charge in [-0.2, -0.15) is 0 Å². The molecule has 20 heavy (non-hydrogen) atoms. The lowest BCUT2D eigenvalue weighted by atomic mass is 10.0. The summed E-state index contributed by atoms with van der Waals surface area (Å²) in [6.07, 6.45) is 4.31. The molecule has 0 saturated heterocycles. The van der Waals surface area contributed by atoms with Crippen LogP contribution in [0.15, 0.2) is 35.9 Å². The molecule has 2 nitrogen and oxygen atoms in total. The average molecular weight is 270 g/mol. The zero-order chi connectivity index (χ0) is 14.9. The van der Waals surface area contributed by atoms with E-state index in [1.807, 2.05) is 26.8 Å². The van der Waals surface area contributed by atoms with Gasteiger partial charge in [0.05, 0.1) is 0 Å². The molecule has 0 heterocycles. The third kappa shape index (κ3) is 3.38. The van der Waals surface area contributed by atoms with Crippen molar-refractivity contribution in [2.24, 2.45) is 0 Å². The lowest BCUT2D eigenvalue weighted by molar-refractivity contribution is -0.148. The number of rotatable bonds is 2. The summed E-state index contributed by atoms with van der Waals surface area (Å²) in [4.78, 5) is 11.7. The SMILES string of the molecule is CC1=C(/C=C/C(=O)OC(C)(C)C)Cc2ccc(C)cc21. The van der Waals surface area contributed by atoms with Gasteiger partial charge in [-0.05, 0) is 63.3 Å². The lowest BCUT2D eigenvalue weighted by Gasteiger charge is -2.17. The van der Waals surface area contributed by atoms with Gasteiger partial charge in [0, 0.05) is 6.08 Å². The van der Waals surface area contributed by atoms with Gasteiger partial charge in [0.15, 0.2) is 0 Å². The normalized spacial score (nSPS) is 14.8. The molecule has 0 radical (unpaired) electrons. The molecule has 0 spiro atoms. The van der Waals surface area contributed by atoms with Crippen molar-refractivity contribution in [3.8, 4) is 0 Å². The van der Waals surface area contributed by atoms with E-state index in [0.717, 1.165) is 6.42 Å². The molecule has 2 rings (SSSR count). The van der Waals surface area contributed by atoms with Crippen LogP contribution in [-0.4, -0.2) is 11.6 Å². The van der Waals surface area contributed by atoms with Gasteiger partial charge in [0.2, 0.25) is 0 Å². The highest BCUT2D eigenvalue weighted by Gasteiger charge is 2.18. The third-order valence-corrected chi connectivity index (χ3v) is 3.36. The van der Waals surface area contributed by atoms with Gasteiger partial charge < -0.3 is 4.74 Å². The molecule has 0 unspecified atom stereocenters. The first-order chi connectivity index (χ1) is 9.26. The van der Waals surface area contributed by atoms with Crippen molar-refractivity contribution >= 4 is 11.5 Å². The van der Waals surface area contributed by atoms with Crippen LogP contribution in [0.5, 0.6) is 0 Å². The van der Waals surface area contributed by atoms with Gasteiger partial charge in [0.1, 0.15) is 5.60 Å². The summed E-state index contributed by atoms with van der Waals surface area (Å²) in [6, 6.07) is 6.51. The Morgan fingerprint density at radius 3 is 2.60 bits per heavy atom. The number of hydrogen-bond acceptors (Lipinski definition) is 2. The summed E-state index contributed by atoms with van der Waals surface area (Å²) in [7, 11) is 0. The number of hydrogen-bond donors (Lipinski definition) is 0. The lowest BCUT2D eigenvalue weighted by Crippen LogP contribution is -2.22. The summed E-state index contributed by atoms with van der Waals surface area (Å²) in [6.45, 7) is 9.83. The van der Waals surface area contributed by atoms with Gasteiger partial charge in [-0.1, -0.05) is 29.8 Å². The molecule has 1 aliphatic carbocycles. The maximum Gasteiger partial charge on any atom is 0.331 e. The molecule has 2 heteroatoms.